The van der Waals surface area contributed by atoms with Gasteiger partial charge in [0.05, 0.1) is 13.2 Å². The summed E-state index contributed by atoms with van der Waals surface area (Å²) in [4.78, 5) is 25.4. The minimum absolute atomic E-state index is 0. The average molecular weight is 292 g/mol. The molecule has 2 heterocycles. The second-order valence-electron chi connectivity index (χ2n) is 4.95. The molecule has 7 heteroatoms. The fourth-order valence-corrected chi connectivity index (χ4v) is 2.39. The number of hydrogen-bond acceptors (Lipinski definition) is 4. The van der Waals surface area contributed by atoms with E-state index < -0.39 is 0 Å². The number of likely N-dealkylation sites (N-methyl/N-ethyl adjacent to an activating group) is 1. The van der Waals surface area contributed by atoms with Crippen LogP contribution in [0.1, 0.15) is 19.3 Å². The molecule has 2 unspecified atom stereocenters. The van der Waals surface area contributed by atoms with E-state index in [1.165, 1.54) is 0 Å². The summed E-state index contributed by atoms with van der Waals surface area (Å²) in [6, 6.07) is -0.282. The number of carbonyl (C=O) groups excluding carboxylic acids is 2. The van der Waals surface area contributed by atoms with Crippen molar-refractivity contribution in [1.82, 2.24) is 15.5 Å². The monoisotopic (exact) mass is 291 g/mol. The topological polar surface area (TPSA) is 70.7 Å². The Morgan fingerprint density at radius 3 is 3.05 bits per heavy atom. The number of hydrogen-bond donors (Lipinski definition) is 2. The quantitative estimate of drug-likeness (QED) is 0.737. The molecule has 2 amide bonds. The SMILES string of the molecule is CN1CCCC(NC(=O)CC2COCCN2)C1=O.Cl. The second-order valence-corrected chi connectivity index (χ2v) is 4.95. The van der Waals surface area contributed by atoms with Crippen LogP contribution in [0, 0.1) is 0 Å². The maximum Gasteiger partial charge on any atom is 0.244 e. The fraction of sp³-hybridized carbons (Fsp3) is 0.833. The third-order valence-corrected chi connectivity index (χ3v) is 3.43. The summed E-state index contributed by atoms with van der Waals surface area (Å²) in [6.45, 7) is 2.82. The van der Waals surface area contributed by atoms with Gasteiger partial charge in [-0.15, -0.1) is 12.4 Å². The van der Waals surface area contributed by atoms with E-state index in [4.69, 9.17) is 4.74 Å². The third-order valence-electron chi connectivity index (χ3n) is 3.43. The van der Waals surface area contributed by atoms with Gasteiger partial charge in [-0.25, -0.2) is 0 Å². The highest BCUT2D eigenvalue weighted by Crippen LogP contribution is 2.10. The van der Waals surface area contributed by atoms with Crippen LogP contribution in [0.4, 0.5) is 0 Å². The van der Waals surface area contributed by atoms with E-state index in [1.54, 1.807) is 11.9 Å². The van der Waals surface area contributed by atoms with Crippen molar-refractivity contribution < 1.29 is 14.3 Å². The molecule has 2 rings (SSSR count). The number of nitrogens with zero attached hydrogens (tertiary/aromatic N) is 1. The lowest BCUT2D eigenvalue weighted by Gasteiger charge is -2.30. The smallest absolute Gasteiger partial charge is 0.244 e. The number of piperidine rings is 1. The Labute approximate surface area is 119 Å². The Morgan fingerprint density at radius 1 is 1.58 bits per heavy atom. The molecule has 0 aliphatic carbocycles. The molecule has 6 nitrogen and oxygen atoms in total. The molecule has 0 aromatic heterocycles. The minimum Gasteiger partial charge on any atom is -0.378 e. The third kappa shape index (κ3) is 4.63. The molecule has 2 saturated heterocycles. The molecule has 0 aromatic carbocycles. The van der Waals surface area contributed by atoms with E-state index in [2.05, 4.69) is 10.6 Å². The van der Waals surface area contributed by atoms with Crippen molar-refractivity contribution in [1.29, 1.82) is 0 Å². The number of halogens is 1. The van der Waals surface area contributed by atoms with Crippen LogP contribution in [-0.4, -0.2) is 62.1 Å². The Kier molecular flexibility index (Phi) is 6.54. The molecule has 2 atom stereocenters. The zero-order valence-corrected chi connectivity index (χ0v) is 12.0. The summed E-state index contributed by atoms with van der Waals surface area (Å²) in [5.74, 6) is -0.0610. The summed E-state index contributed by atoms with van der Waals surface area (Å²) in [7, 11) is 1.77. The summed E-state index contributed by atoms with van der Waals surface area (Å²) < 4.78 is 5.29. The van der Waals surface area contributed by atoms with Gasteiger partial charge in [-0.1, -0.05) is 0 Å². The Morgan fingerprint density at radius 2 is 2.37 bits per heavy atom. The number of carbonyl (C=O) groups is 2. The predicted octanol–water partition coefficient (Wildman–Crippen LogP) is -0.476. The standard InChI is InChI=1S/C12H21N3O3.ClH/c1-15-5-2-3-10(12(15)17)14-11(16)7-9-8-18-6-4-13-9;/h9-10,13H,2-8H2,1H3,(H,14,16);1H. The van der Waals surface area contributed by atoms with Crippen LogP contribution in [0.2, 0.25) is 0 Å². The molecular weight excluding hydrogens is 270 g/mol. The molecule has 0 aromatic rings. The first-order valence-corrected chi connectivity index (χ1v) is 6.52. The highest BCUT2D eigenvalue weighted by atomic mass is 35.5. The summed E-state index contributed by atoms with van der Waals surface area (Å²) in [5, 5.41) is 6.05. The fourth-order valence-electron chi connectivity index (χ4n) is 2.39. The van der Waals surface area contributed by atoms with Crippen molar-refractivity contribution >= 4 is 24.2 Å². The van der Waals surface area contributed by atoms with Gasteiger partial charge in [0, 0.05) is 32.6 Å². The van der Waals surface area contributed by atoms with E-state index in [1.807, 2.05) is 0 Å². The van der Waals surface area contributed by atoms with Crippen molar-refractivity contribution in [2.75, 3.05) is 33.4 Å². The van der Waals surface area contributed by atoms with Gasteiger partial charge >= 0.3 is 0 Å². The molecule has 0 spiro atoms. The Balaban J connectivity index is 0.00000180. The number of amides is 2. The van der Waals surface area contributed by atoms with E-state index in [0.717, 1.165) is 25.9 Å². The van der Waals surface area contributed by atoms with Crippen LogP contribution >= 0.6 is 12.4 Å². The summed E-state index contributed by atoms with van der Waals surface area (Å²) in [6.07, 6.45) is 2.05. The van der Waals surface area contributed by atoms with Crippen molar-refractivity contribution in [3.8, 4) is 0 Å². The zero-order chi connectivity index (χ0) is 13.0. The van der Waals surface area contributed by atoms with Crippen LogP contribution in [0.25, 0.3) is 0 Å². The van der Waals surface area contributed by atoms with Crippen molar-refractivity contribution in [2.45, 2.75) is 31.3 Å². The van der Waals surface area contributed by atoms with Gasteiger partial charge in [-0.3, -0.25) is 9.59 Å². The molecule has 0 saturated carbocycles. The van der Waals surface area contributed by atoms with Crippen molar-refractivity contribution in [2.24, 2.45) is 0 Å². The average Bonchev–Trinajstić information content (AvgIpc) is 2.36. The summed E-state index contributed by atoms with van der Waals surface area (Å²) >= 11 is 0. The van der Waals surface area contributed by atoms with Gasteiger partial charge in [-0.05, 0) is 12.8 Å². The molecule has 0 bridgehead atoms. The number of ether oxygens (including phenoxy) is 1. The van der Waals surface area contributed by atoms with E-state index in [9.17, 15) is 9.59 Å². The van der Waals surface area contributed by atoms with Gasteiger partial charge < -0.3 is 20.3 Å². The Hall–Kier alpha value is -0.850. The number of morpholine rings is 1. The Bertz CT molecular complexity index is 321. The summed E-state index contributed by atoms with van der Waals surface area (Å²) in [5.41, 5.74) is 0. The van der Waals surface area contributed by atoms with Crippen LogP contribution in [0.3, 0.4) is 0 Å². The molecule has 2 aliphatic heterocycles. The molecule has 110 valence electrons. The number of rotatable bonds is 3. The van der Waals surface area contributed by atoms with E-state index in [-0.39, 0.29) is 36.3 Å². The highest BCUT2D eigenvalue weighted by molar-refractivity contribution is 5.88. The van der Waals surface area contributed by atoms with Gasteiger partial charge in [-0.2, -0.15) is 0 Å². The molecular formula is C12H22ClN3O3. The van der Waals surface area contributed by atoms with Gasteiger partial charge in [0.25, 0.3) is 0 Å². The predicted molar refractivity (Wildman–Crippen MR) is 73.3 cm³/mol. The lowest BCUT2D eigenvalue weighted by molar-refractivity contribution is -0.137. The van der Waals surface area contributed by atoms with E-state index >= 15 is 0 Å². The molecule has 2 fully saturated rings. The first kappa shape index (κ1) is 16.2. The minimum atomic E-state index is -0.347. The molecule has 2 aliphatic rings. The van der Waals surface area contributed by atoms with Crippen molar-refractivity contribution in [3.05, 3.63) is 0 Å². The van der Waals surface area contributed by atoms with E-state index in [0.29, 0.717) is 19.6 Å². The first-order chi connectivity index (χ1) is 8.66. The van der Waals surface area contributed by atoms with Crippen LogP contribution in [0.15, 0.2) is 0 Å². The van der Waals surface area contributed by atoms with Gasteiger partial charge in [0.15, 0.2) is 0 Å². The molecule has 2 N–H and O–H groups in total. The highest BCUT2D eigenvalue weighted by Gasteiger charge is 2.28. The maximum absolute atomic E-state index is 11.9. The second kappa shape index (κ2) is 7.67. The van der Waals surface area contributed by atoms with Crippen LogP contribution in [0.5, 0.6) is 0 Å². The zero-order valence-electron chi connectivity index (χ0n) is 11.2. The van der Waals surface area contributed by atoms with Crippen LogP contribution in [-0.2, 0) is 14.3 Å². The lowest BCUT2D eigenvalue weighted by Crippen LogP contribution is -2.52. The number of nitrogens with one attached hydrogen (secondary N) is 2. The first-order valence-electron chi connectivity index (χ1n) is 6.52. The molecule has 0 radical (unpaired) electrons. The van der Waals surface area contributed by atoms with Crippen molar-refractivity contribution in [3.63, 3.8) is 0 Å². The van der Waals surface area contributed by atoms with Crippen LogP contribution < -0.4 is 10.6 Å². The maximum atomic E-state index is 11.9. The number of likely N-dealkylation sites (tertiary alicyclic amines) is 1. The normalized spacial score (nSPS) is 27.6. The van der Waals surface area contributed by atoms with Gasteiger partial charge in [0.2, 0.25) is 11.8 Å². The lowest BCUT2D eigenvalue weighted by atomic mass is 10.0. The molecule has 19 heavy (non-hydrogen) atoms. The van der Waals surface area contributed by atoms with Gasteiger partial charge in [0.1, 0.15) is 6.04 Å². The largest absolute Gasteiger partial charge is 0.378 e.